The molecule has 0 amide bonds. The van der Waals surface area contributed by atoms with Gasteiger partial charge in [0.2, 0.25) is 0 Å². The van der Waals surface area contributed by atoms with Gasteiger partial charge in [0.25, 0.3) is 0 Å². The fourth-order valence-electron chi connectivity index (χ4n) is 2.54. The number of hydrogen-bond donors (Lipinski definition) is 3. The van der Waals surface area contributed by atoms with Gasteiger partial charge in [0.05, 0.1) is 6.61 Å². The molecule has 124 valence electrons. The molecule has 0 fully saturated rings. The van der Waals surface area contributed by atoms with Crippen LogP contribution in [0.3, 0.4) is 0 Å². The molecule has 0 saturated heterocycles. The van der Waals surface area contributed by atoms with Crippen LogP contribution >= 0.6 is 0 Å². The highest BCUT2D eigenvalue weighted by atomic mass is 16.5. The highest BCUT2D eigenvalue weighted by Gasteiger charge is 2.23. The highest BCUT2D eigenvalue weighted by Crippen LogP contribution is 2.34. The van der Waals surface area contributed by atoms with Crippen molar-refractivity contribution in [2.75, 3.05) is 13.2 Å². The van der Waals surface area contributed by atoms with Crippen molar-refractivity contribution in [1.29, 1.82) is 0 Å². The second kappa shape index (κ2) is 7.49. The summed E-state index contributed by atoms with van der Waals surface area (Å²) in [6, 6.07) is 14.0. The zero-order chi connectivity index (χ0) is 16.9. The van der Waals surface area contributed by atoms with Crippen molar-refractivity contribution < 1.29 is 9.84 Å². The van der Waals surface area contributed by atoms with Crippen molar-refractivity contribution in [1.82, 2.24) is 5.43 Å². The van der Waals surface area contributed by atoms with Gasteiger partial charge in [0.15, 0.2) is 0 Å². The Morgan fingerprint density at radius 2 is 1.74 bits per heavy atom. The molecule has 0 unspecified atom stereocenters. The lowest BCUT2D eigenvalue weighted by Crippen LogP contribution is -2.24. The zero-order valence-corrected chi connectivity index (χ0v) is 14.1. The molecular formula is C19H26N2O2. The number of nitrogens with one attached hydrogen (secondary N) is 1. The summed E-state index contributed by atoms with van der Waals surface area (Å²) < 4.78 is 5.69. The van der Waals surface area contributed by atoms with Crippen molar-refractivity contribution in [3.8, 4) is 11.5 Å². The molecule has 0 aliphatic rings. The fourth-order valence-corrected chi connectivity index (χ4v) is 2.54. The van der Waals surface area contributed by atoms with Crippen molar-refractivity contribution in [2.24, 2.45) is 5.84 Å². The molecule has 0 aromatic heterocycles. The number of phenolic OH excluding ortho intramolecular Hbond substituents is 1. The summed E-state index contributed by atoms with van der Waals surface area (Å²) in [6.07, 6.45) is 0.872. The summed E-state index contributed by atoms with van der Waals surface area (Å²) in [4.78, 5) is 0. The molecule has 0 radical (unpaired) electrons. The first kappa shape index (κ1) is 17.3. The van der Waals surface area contributed by atoms with Crippen LogP contribution in [0.2, 0.25) is 0 Å². The first-order valence-electron chi connectivity index (χ1n) is 7.92. The molecule has 0 spiro atoms. The molecule has 2 aromatic rings. The van der Waals surface area contributed by atoms with Crippen LogP contribution < -0.4 is 16.0 Å². The van der Waals surface area contributed by atoms with Gasteiger partial charge in [-0.2, -0.15) is 0 Å². The van der Waals surface area contributed by atoms with E-state index in [1.807, 2.05) is 31.2 Å². The topological polar surface area (TPSA) is 67.5 Å². The Morgan fingerprint density at radius 1 is 1.09 bits per heavy atom. The maximum atomic E-state index is 9.71. The van der Waals surface area contributed by atoms with Gasteiger partial charge in [-0.25, -0.2) is 0 Å². The summed E-state index contributed by atoms with van der Waals surface area (Å²) in [5.41, 5.74) is 5.75. The van der Waals surface area contributed by atoms with E-state index in [0.717, 1.165) is 24.3 Å². The minimum Gasteiger partial charge on any atom is -0.508 e. The fraction of sp³-hybridized carbons (Fsp3) is 0.368. The second-order valence-corrected chi connectivity index (χ2v) is 6.31. The highest BCUT2D eigenvalue weighted by molar-refractivity contribution is 5.44. The van der Waals surface area contributed by atoms with E-state index >= 15 is 0 Å². The van der Waals surface area contributed by atoms with Gasteiger partial charge in [0, 0.05) is 12.0 Å². The molecule has 0 saturated carbocycles. The Kier molecular flexibility index (Phi) is 5.64. The molecule has 0 aliphatic carbocycles. The van der Waals surface area contributed by atoms with E-state index in [1.165, 1.54) is 11.1 Å². The first-order chi connectivity index (χ1) is 10.9. The maximum absolute atomic E-state index is 9.71. The van der Waals surface area contributed by atoms with Gasteiger partial charge in [-0.05, 0) is 48.2 Å². The number of benzene rings is 2. The number of hydrazine groups is 1. The van der Waals surface area contributed by atoms with E-state index in [2.05, 4.69) is 31.4 Å². The van der Waals surface area contributed by atoms with Crippen LogP contribution in [0.1, 0.15) is 37.0 Å². The van der Waals surface area contributed by atoms with Crippen LogP contribution in [0.4, 0.5) is 0 Å². The van der Waals surface area contributed by atoms with Gasteiger partial charge < -0.3 is 9.84 Å². The van der Waals surface area contributed by atoms with Gasteiger partial charge >= 0.3 is 0 Å². The van der Waals surface area contributed by atoms with Crippen LogP contribution in [0.5, 0.6) is 11.5 Å². The molecule has 0 heterocycles. The number of hydrogen-bond acceptors (Lipinski definition) is 4. The van der Waals surface area contributed by atoms with Gasteiger partial charge in [-0.3, -0.25) is 11.3 Å². The van der Waals surface area contributed by atoms with E-state index in [4.69, 9.17) is 10.6 Å². The smallest absolute Gasteiger partial charge is 0.119 e. The van der Waals surface area contributed by atoms with Crippen molar-refractivity contribution >= 4 is 0 Å². The summed E-state index contributed by atoms with van der Waals surface area (Å²) >= 11 is 0. The van der Waals surface area contributed by atoms with Crippen LogP contribution in [0, 0.1) is 6.92 Å². The van der Waals surface area contributed by atoms with Crippen LogP contribution in [0.15, 0.2) is 42.5 Å². The Labute approximate surface area is 138 Å². The van der Waals surface area contributed by atoms with E-state index < -0.39 is 0 Å². The van der Waals surface area contributed by atoms with Gasteiger partial charge in [-0.1, -0.05) is 38.1 Å². The zero-order valence-electron chi connectivity index (χ0n) is 14.1. The number of ether oxygens (including phenoxy) is 1. The lowest BCUT2D eigenvalue weighted by Gasteiger charge is -2.27. The molecule has 2 aromatic carbocycles. The van der Waals surface area contributed by atoms with E-state index in [9.17, 15) is 5.11 Å². The lowest BCUT2D eigenvalue weighted by atomic mass is 9.77. The van der Waals surface area contributed by atoms with E-state index in [1.54, 1.807) is 6.07 Å². The molecule has 4 nitrogen and oxygen atoms in total. The van der Waals surface area contributed by atoms with E-state index in [0.29, 0.717) is 12.4 Å². The minimum atomic E-state index is -0.138. The summed E-state index contributed by atoms with van der Waals surface area (Å²) in [7, 11) is 0. The second-order valence-electron chi connectivity index (χ2n) is 6.31. The normalized spacial score (nSPS) is 11.5. The standard InChI is InChI=1S/C19H26N2O2/c1-14-13-16(7-10-18(14)22)19(2,3)15-5-8-17(9-6-15)23-12-4-11-21-20/h5-10,13,21-22H,4,11-12,20H2,1-3H3. The minimum absolute atomic E-state index is 0.138. The molecule has 0 atom stereocenters. The Bertz CT molecular complexity index is 636. The molecule has 0 bridgehead atoms. The number of rotatable bonds is 7. The predicted octanol–water partition coefficient (Wildman–Crippen LogP) is 3.26. The number of phenols is 1. The van der Waals surface area contributed by atoms with Crippen molar-refractivity contribution in [2.45, 2.75) is 32.6 Å². The third-order valence-corrected chi connectivity index (χ3v) is 4.23. The molecule has 0 aliphatic heterocycles. The van der Waals surface area contributed by atoms with Crippen LogP contribution in [-0.4, -0.2) is 18.3 Å². The monoisotopic (exact) mass is 314 g/mol. The summed E-state index contributed by atoms with van der Waals surface area (Å²) in [5, 5.41) is 9.71. The van der Waals surface area contributed by atoms with Crippen molar-refractivity contribution in [3.05, 3.63) is 59.2 Å². The third-order valence-electron chi connectivity index (χ3n) is 4.23. The SMILES string of the molecule is Cc1cc(C(C)(C)c2ccc(OCCCNN)cc2)ccc1O. The van der Waals surface area contributed by atoms with Gasteiger partial charge in [0.1, 0.15) is 11.5 Å². The number of aromatic hydroxyl groups is 1. The van der Waals surface area contributed by atoms with Crippen LogP contribution in [0.25, 0.3) is 0 Å². The predicted molar refractivity (Wildman–Crippen MR) is 93.7 cm³/mol. The Hall–Kier alpha value is -2.04. The number of aryl methyl sites for hydroxylation is 1. The maximum Gasteiger partial charge on any atom is 0.119 e. The first-order valence-corrected chi connectivity index (χ1v) is 7.92. The third kappa shape index (κ3) is 4.24. The lowest BCUT2D eigenvalue weighted by molar-refractivity contribution is 0.308. The molecule has 4 heteroatoms. The summed E-state index contributed by atoms with van der Waals surface area (Å²) in [5.74, 6) is 6.43. The average Bonchev–Trinajstić information content (AvgIpc) is 2.54. The van der Waals surface area contributed by atoms with Gasteiger partial charge in [-0.15, -0.1) is 0 Å². The van der Waals surface area contributed by atoms with E-state index in [-0.39, 0.29) is 5.41 Å². The Morgan fingerprint density at radius 3 is 2.35 bits per heavy atom. The van der Waals surface area contributed by atoms with Crippen LogP contribution in [-0.2, 0) is 5.41 Å². The molecular weight excluding hydrogens is 288 g/mol. The quantitative estimate of drug-likeness (QED) is 0.417. The van der Waals surface area contributed by atoms with Crippen molar-refractivity contribution in [3.63, 3.8) is 0 Å². The average molecular weight is 314 g/mol. The largest absolute Gasteiger partial charge is 0.508 e. The molecule has 4 N–H and O–H groups in total. The molecule has 23 heavy (non-hydrogen) atoms. The Balaban J connectivity index is 2.11. The molecule has 2 rings (SSSR count). The summed E-state index contributed by atoms with van der Waals surface area (Å²) in [6.45, 7) is 7.67. The number of nitrogens with two attached hydrogens (primary N) is 1.